The van der Waals surface area contributed by atoms with Crippen molar-refractivity contribution in [3.05, 3.63) is 12.7 Å². The largest absolute Gasteiger partial charge is 0.358 e. The molecule has 1 aromatic heterocycles. The molecule has 0 N–H and O–H groups in total. The zero-order valence-electron chi connectivity index (χ0n) is 7.60. The van der Waals surface area contributed by atoms with Crippen molar-refractivity contribution in [2.24, 2.45) is 0 Å². The number of unbranched alkanes of at least 4 members (excludes halogenated alkanes) is 1. The van der Waals surface area contributed by atoms with E-state index < -0.39 is 0 Å². The fourth-order valence-corrected chi connectivity index (χ4v) is 0.881. The van der Waals surface area contributed by atoms with Crippen LogP contribution in [0.15, 0.2) is 12.7 Å². The van der Waals surface area contributed by atoms with E-state index in [1.807, 2.05) is 11.5 Å². The van der Waals surface area contributed by atoms with Crippen molar-refractivity contribution in [1.29, 1.82) is 0 Å². The van der Waals surface area contributed by atoms with Crippen LogP contribution in [-0.2, 0) is 4.74 Å². The van der Waals surface area contributed by atoms with Gasteiger partial charge >= 0.3 is 0 Å². The van der Waals surface area contributed by atoms with Crippen molar-refractivity contribution >= 4 is 0 Å². The summed E-state index contributed by atoms with van der Waals surface area (Å²) in [5.74, 6) is 0. The van der Waals surface area contributed by atoms with Crippen LogP contribution < -0.4 is 0 Å². The average molecular weight is 169 g/mol. The van der Waals surface area contributed by atoms with Crippen molar-refractivity contribution in [3.63, 3.8) is 0 Å². The molecule has 1 atom stereocenters. The Morgan fingerprint density at radius 1 is 1.42 bits per heavy atom. The van der Waals surface area contributed by atoms with Gasteiger partial charge in [0, 0.05) is 6.61 Å². The highest BCUT2D eigenvalue weighted by Gasteiger charge is 2.02. The summed E-state index contributed by atoms with van der Waals surface area (Å²) in [4.78, 5) is 0. The minimum absolute atomic E-state index is 0.0477. The standard InChI is InChI=1S/C8H15N3O/c1-3-4-5-12-8(2)11-6-9-10-7-11/h6-8H,3-5H2,1-2H3/t8-/m1/s1. The zero-order valence-corrected chi connectivity index (χ0v) is 7.60. The molecule has 0 radical (unpaired) electrons. The van der Waals surface area contributed by atoms with E-state index in [-0.39, 0.29) is 6.23 Å². The summed E-state index contributed by atoms with van der Waals surface area (Å²) < 4.78 is 7.35. The van der Waals surface area contributed by atoms with E-state index in [2.05, 4.69) is 17.1 Å². The van der Waals surface area contributed by atoms with Crippen LogP contribution in [0.2, 0.25) is 0 Å². The first-order chi connectivity index (χ1) is 5.84. The van der Waals surface area contributed by atoms with E-state index in [9.17, 15) is 0 Å². The van der Waals surface area contributed by atoms with E-state index in [0.717, 1.165) is 19.4 Å². The molecule has 4 nitrogen and oxygen atoms in total. The fourth-order valence-electron chi connectivity index (χ4n) is 0.881. The number of nitrogens with zero attached hydrogens (tertiary/aromatic N) is 3. The van der Waals surface area contributed by atoms with Crippen molar-refractivity contribution < 1.29 is 4.74 Å². The maximum atomic E-state index is 5.51. The summed E-state index contributed by atoms with van der Waals surface area (Å²) in [5, 5.41) is 7.41. The molecule has 1 rings (SSSR count). The first-order valence-electron chi connectivity index (χ1n) is 4.30. The van der Waals surface area contributed by atoms with Gasteiger partial charge in [0.1, 0.15) is 18.9 Å². The molecule has 0 aliphatic heterocycles. The zero-order chi connectivity index (χ0) is 8.81. The van der Waals surface area contributed by atoms with Crippen LogP contribution in [0.4, 0.5) is 0 Å². The summed E-state index contributed by atoms with van der Waals surface area (Å²) in [7, 11) is 0. The Morgan fingerprint density at radius 3 is 2.67 bits per heavy atom. The van der Waals surface area contributed by atoms with E-state index in [4.69, 9.17) is 4.74 Å². The van der Waals surface area contributed by atoms with Gasteiger partial charge < -0.3 is 4.74 Å². The van der Waals surface area contributed by atoms with Crippen LogP contribution in [0, 0.1) is 0 Å². The topological polar surface area (TPSA) is 39.9 Å². The van der Waals surface area contributed by atoms with Gasteiger partial charge in [-0.15, -0.1) is 10.2 Å². The molecule has 0 amide bonds. The Bertz CT molecular complexity index is 198. The molecule has 12 heavy (non-hydrogen) atoms. The van der Waals surface area contributed by atoms with Crippen LogP contribution in [0.1, 0.15) is 32.9 Å². The van der Waals surface area contributed by atoms with Crippen LogP contribution in [0.25, 0.3) is 0 Å². The lowest BCUT2D eigenvalue weighted by Crippen LogP contribution is -2.08. The van der Waals surface area contributed by atoms with Crippen molar-refractivity contribution in [2.45, 2.75) is 32.9 Å². The Labute approximate surface area is 72.6 Å². The maximum Gasteiger partial charge on any atom is 0.133 e. The predicted molar refractivity (Wildman–Crippen MR) is 45.6 cm³/mol. The molecule has 0 bridgehead atoms. The number of rotatable bonds is 5. The van der Waals surface area contributed by atoms with E-state index in [0.29, 0.717) is 0 Å². The summed E-state index contributed by atoms with van der Waals surface area (Å²) in [6.07, 6.45) is 5.64. The fraction of sp³-hybridized carbons (Fsp3) is 0.750. The monoisotopic (exact) mass is 169 g/mol. The van der Waals surface area contributed by atoms with Gasteiger partial charge in [0.05, 0.1) is 0 Å². The second-order valence-corrected chi connectivity index (χ2v) is 2.73. The number of ether oxygens (including phenoxy) is 1. The average Bonchev–Trinajstić information content (AvgIpc) is 2.56. The summed E-state index contributed by atoms with van der Waals surface area (Å²) in [5.41, 5.74) is 0. The van der Waals surface area contributed by atoms with Crippen LogP contribution in [-0.4, -0.2) is 21.4 Å². The lowest BCUT2D eigenvalue weighted by Gasteiger charge is -2.12. The summed E-state index contributed by atoms with van der Waals surface area (Å²) in [6, 6.07) is 0. The van der Waals surface area contributed by atoms with Gasteiger partial charge in [-0.2, -0.15) is 0 Å². The lowest BCUT2D eigenvalue weighted by atomic mass is 10.4. The Hall–Kier alpha value is -0.900. The quantitative estimate of drug-likeness (QED) is 0.629. The molecule has 0 saturated heterocycles. The molecule has 0 unspecified atom stereocenters. The molecule has 0 saturated carbocycles. The molecular formula is C8H15N3O. The molecule has 68 valence electrons. The van der Waals surface area contributed by atoms with Crippen LogP contribution in [0.5, 0.6) is 0 Å². The smallest absolute Gasteiger partial charge is 0.133 e. The lowest BCUT2D eigenvalue weighted by molar-refractivity contribution is 0.0144. The highest BCUT2D eigenvalue weighted by atomic mass is 16.5. The van der Waals surface area contributed by atoms with Gasteiger partial charge in [0.25, 0.3) is 0 Å². The third-order valence-corrected chi connectivity index (χ3v) is 1.71. The first kappa shape index (κ1) is 9.19. The number of aromatic nitrogens is 3. The van der Waals surface area contributed by atoms with Crippen molar-refractivity contribution in [3.8, 4) is 0 Å². The third kappa shape index (κ3) is 2.62. The molecule has 0 aliphatic carbocycles. The second kappa shape index (κ2) is 4.87. The number of hydrogen-bond donors (Lipinski definition) is 0. The van der Waals surface area contributed by atoms with Gasteiger partial charge in [-0.1, -0.05) is 13.3 Å². The van der Waals surface area contributed by atoms with Crippen molar-refractivity contribution in [2.75, 3.05) is 6.61 Å². The SMILES string of the molecule is CCCCO[C@H](C)n1cnnc1. The van der Waals surface area contributed by atoms with Gasteiger partial charge in [-0.25, -0.2) is 0 Å². The Kier molecular flexibility index (Phi) is 3.73. The minimum Gasteiger partial charge on any atom is -0.358 e. The van der Waals surface area contributed by atoms with Crippen molar-refractivity contribution in [1.82, 2.24) is 14.8 Å². The Morgan fingerprint density at radius 2 is 2.08 bits per heavy atom. The summed E-state index contributed by atoms with van der Waals surface area (Å²) >= 11 is 0. The molecule has 0 aliphatic rings. The highest BCUT2D eigenvalue weighted by Crippen LogP contribution is 2.05. The van der Waals surface area contributed by atoms with Gasteiger partial charge in [0.15, 0.2) is 0 Å². The molecule has 0 fully saturated rings. The van der Waals surface area contributed by atoms with Crippen LogP contribution >= 0.6 is 0 Å². The molecule has 1 aromatic rings. The van der Waals surface area contributed by atoms with E-state index in [1.165, 1.54) is 0 Å². The molecular weight excluding hydrogens is 154 g/mol. The highest BCUT2D eigenvalue weighted by molar-refractivity contribution is 4.62. The van der Waals surface area contributed by atoms with Gasteiger partial charge in [-0.3, -0.25) is 4.57 Å². The van der Waals surface area contributed by atoms with E-state index in [1.54, 1.807) is 12.7 Å². The molecule has 0 aromatic carbocycles. The normalized spacial score (nSPS) is 13.2. The molecule has 4 heteroatoms. The second-order valence-electron chi connectivity index (χ2n) is 2.73. The van der Waals surface area contributed by atoms with Crippen LogP contribution in [0.3, 0.4) is 0 Å². The summed E-state index contributed by atoms with van der Waals surface area (Å²) in [6.45, 7) is 4.93. The Balaban J connectivity index is 2.25. The van der Waals surface area contributed by atoms with Gasteiger partial charge in [-0.05, 0) is 13.3 Å². The molecule has 1 heterocycles. The molecule has 0 spiro atoms. The number of hydrogen-bond acceptors (Lipinski definition) is 3. The minimum atomic E-state index is 0.0477. The van der Waals surface area contributed by atoms with E-state index >= 15 is 0 Å². The third-order valence-electron chi connectivity index (χ3n) is 1.71. The predicted octanol–water partition coefficient (Wildman–Crippen LogP) is 1.61. The first-order valence-corrected chi connectivity index (χ1v) is 4.30. The van der Waals surface area contributed by atoms with Gasteiger partial charge in [0.2, 0.25) is 0 Å². The maximum absolute atomic E-state index is 5.51.